The van der Waals surface area contributed by atoms with Gasteiger partial charge in [0, 0.05) is 19.2 Å². The largest absolute Gasteiger partial charge is 0.478 e. The van der Waals surface area contributed by atoms with E-state index >= 15 is 0 Å². The number of pyridine rings is 1. The van der Waals surface area contributed by atoms with E-state index < -0.39 is 10.9 Å². The van der Waals surface area contributed by atoms with Crippen molar-refractivity contribution in [1.82, 2.24) is 4.98 Å². The van der Waals surface area contributed by atoms with E-state index in [-0.39, 0.29) is 11.3 Å². The number of aromatic nitrogens is 1. The normalized spacial score (nSPS) is 10.4. The molecule has 1 heterocycles. The maximum atomic E-state index is 11.4. The fourth-order valence-corrected chi connectivity index (χ4v) is 1.98. The minimum atomic E-state index is -1.20. The van der Waals surface area contributed by atoms with Crippen LogP contribution in [0.15, 0.2) is 12.3 Å². The number of carbonyl (C=O) groups is 1. The van der Waals surface area contributed by atoms with Gasteiger partial charge in [0.15, 0.2) is 0 Å². The summed E-state index contributed by atoms with van der Waals surface area (Å²) < 4.78 is 0. The van der Waals surface area contributed by atoms with Crippen LogP contribution in [-0.4, -0.2) is 34.1 Å². The molecule has 1 N–H and O–H groups in total. The Labute approximate surface area is 123 Å². The van der Waals surface area contributed by atoms with Crippen LogP contribution >= 0.6 is 0 Å². The Morgan fingerprint density at radius 3 is 2.33 bits per heavy atom. The zero-order valence-electron chi connectivity index (χ0n) is 12.4. The first-order chi connectivity index (χ1) is 10.0. The number of unbranched alkanes of at least 4 members (excludes halogenated alkanes) is 2. The Morgan fingerprint density at radius 2 is 1.90 bits per heavy atom. The Kier molecular flexibility index (Phi) is 6.58. The van der Waals surface area contributed by atoms with Gasteiger partial charge in [-0.3, -0.25) is 10.1 Å². The lowest BCUT2D eigenvalue weighted by Crippen LogP contribution is -2.28. The van der Waals surface area contributed by atoms with E-state index in [0.29, 0.717) is 18.9 Å². The van der Waals surface area contributed by atoms with Crippen LogP contribution in [-0.2, 0) is 0 Å². The molecule has 7 heteroatoms. The maximum absolute atomic E-state index is 11.4. The molecular formula is C14H21N3O4. The molecule has 0 atom stereocenters. The summed E-state index contributed by atoms with van der Waals surface area (Å²) in [6.45, 7) is 5.50. The van der Waals surface area contributed by atoms with Gasteiger partial charge in [0.25, 0.3) is 5.69 Å². The third kappa shape index (κ3) is 4.70. The predicted octanol–water partition coefficient (Wildman–Crippen LogP) is 3.09. The summed E-state index contributed by atoms with van der Waals surface area (Å²) in [4.78, 5) is 27.4. The highest BCUT2D eigenvalue weighted by molar-refractivity contribution is 5.94. The van der Waals surface area contributed by atoms with Crippen LogP contribution in [0.25, 0.3) is 0 Å². The highest BCUT2D eigenvalue weighted by Crippen LogP contribution is 2.23. The summed E-state index contributed by atoms with van der Waals surface area (Å²) in [5, 5.41) is 20.0. The summed E-state index contributed by atoms with van der Waals surface area (Å²) in [5.74, 6) is -0.880. The van der Waals surface area contributed by atoms with Crippen LogP contribution in [0.4, 0.5) is 11.5 Å². The summed E-state index contributed by atoms with van der Waals surface area (Å²) in [6.07, 6.45) is 4.92. The van der Waals surface area contributed by atoms with E-state index in [0.717, 1.165) is 37.9 Å². The van der Waals surface area contributed by atoms with Crippen LogP contribution in [0, 0.1) is 10.1 Å². The maximum Gasteiger partial charge on any atom is 0.339 e. The number of nitrogens with zero attached hydrogens (tertiary/aromatic N) is 3. The van der Waals surface area contributed by atoms with E-state index in [9.17, 15) is 20.0 Å². The molecule has 1 aromatic rings. The fourth-order valence-electron chi connectivity index (χ4n) is 1.98. The molecule has 116 valence electrons. The topological polar surface area (TPSA) is 96.6 Å². The van der Waals surface area contributed by atoms with Gasteiger partial charge in [-0.2, -0.15) is 0 Å². The molecule has 0 radical (unpaired) electrons. The van der Waals surface area contributed by atoms with Gasteiger partial charge in [0.2, 0.25) is 0 Å². The lowest BCUT2D eigenvalue weighted by Gasteiger charge is -2.24. The Balaban J connectivity index is 3.15. The third-order valence-corrected chi connectivity index (χ3v) is 3.16. The number of rotatable bonds is 9. The fraction of sp³-hybridized carbons (Fsp3) is 0.571. The van der Waals surface area contributed by atoms with Gasteiger partial charge < -0.3 is 10.0 Å². The van der Waals surface area contributed by atoms with E-state index in [2.05, 4.69) is 18.8 Å². The van der Waals surface area contributed by atoms with Gasteiger partial charge in [-0.05, 0) is 12.8 Å². The van der Waals surface area contributed by atoms with E-state index in [1.165, 1.54) is 0 Å². The molecular weight excluding hydrogens is 274 g/mol. The summed E-state index contributed by atoms with van der Waals surface area (Å²) in [6, 6.07) is 1.08. The van der Waals surface area contributed by atoms with Crippen LogP contribution in [0.5, 0.6) is 0 Å². The van der Waals surface area contributed by atoms with Crippen molar-refractivity contribution in [2.75, 3.05) is 18.0 Å². The van der Waals surface area contributed by atoms with Crippen molar-refractivity contribution in [3.05, 3.63) is 27.9 Å². The minimum Gasteiger partial charge on any atom is -0.478 e. The van der Waals surface area contributed by atoms with E-state index in [4.69, 9.17) is 0 Å². The number of carboxylic acids is 1. The van der Waals surface area contributed by atoms with Gasteiger partial charge >= 0.3 is 5.97 Å². The molecule has 0 aliphatic heterocycles. The highest BCUT2D eigenvalue weighted by Gasteiger charge is 2.21. The van der Waals surface area contributed by atoms with Gasteiger partial charge in [-0.15, -0.1) is 0 Å². The lowest BCUT2D eigenvalue weighted by molar-refractivity contribution is -0.385. The molecule has 0 aliphatic carbocycles. The highest BCUT2D eigenvalue weighted by atomic mass is 16.6. The van der Waals surface area contributed by atoms with Crippen LogP contribution in [0.3, 0.4) is 0 Å². The van der Waals surface area contributed by atoms with Gasteiger partial charge in [0.05, 0.1) is 4.92 Å². The van der Waals surface area contributed by atoms with Gasteiger partial charge in [-0.1, -0.05) is 26.7 Å². The van der Waals surface area contributed by atoms with Crippen molar-refractivity contribution < 1.29 is 14.8 Å². The number of anilines is 1. The van der Waals surface area contributed by atoms with Crippen molar-refractivity contribution in [3.63, 3.8) is 0 Å². The first-order valence-electron chi connectivity index (χ1n) is 7.13. The molecule has 7 nitrogen and oxygen atoms in total. The Morgan fingerprint density at radius 1 is 1.33 bits per heavy atom. The van der Waals surface area contributed by atoms with Gasteiger partial charge in [-0.25, -0.2) is 9.78 Å². The van der Waals surface area contributed by atoms with Crippen molar-refractivity contribution >= 4 is 17.5 Å². The molecule has 0 amide bonds. The zero-order chi connectivity index (χ0) is 15.8. The van der Waals surface area contributed by atoms with Crippen molar-refractivity contribution in [2.45, 2.75) is 39.5 Å². The second-order valence-electron chi connectivity index (χ2n) is 4.82. The molecule has 21 heavy (non-hydrogen) atoms. The van der Waals surface area contributed by atoms with Crippen LogP contribution in [0.2, 0.25) is 0 Å². The monoisotopic (exact) mass is 295 g/mol. The third-order valence-electron chi connectivity index (χ3n) is 3.16. The average Bonchev–Trinajstić information content (AvgIpc) is 2.46. The molecule has 0 fully saturated rings. The number of carboxylic acid groups (broad SMARTS) is 1. The zero-order valence-corrected chi connectivity index (χ0v) is 12.4. The van der Waals surface area contributed by atoms with Crippen molar-refractivity contribution in [1.29, 1.82) is 0 Å². The van der Waals surface area contributed by atoms with E-state index in [1.807, 2.05) is 4.90 Å². The van der Waals surface area contributed by atoms with Crippen LogP contribution in [0.1, 0.15) is 49.9 Å². The number of nitro groups is 1. The van der Waals surface area contributed by atoms with E-state index in [1.54, 1.807) is 0 Å². The molecule has 0 unspecified atom stereocenters. The SMILES string of the molecule is CCCCN(CCCC)c1ncc([N+](=O)[O-])cc1C(=O)O. The molecule has 0 saturated heterocycles. The smallest absolute Gasteiger partial charge is 0.339 e. The molecule has 0 spiro atoms. The van der Waals surface area contributed by atoms with Crippen molar-refractivity contribution in [2.24, 2.45) is 0 Å². The molecule has 1 aromatic heterocycles. The predicted molar refractivity (Wildman–Crippen MR) is 79.9 cm³/mol. The average molecular weight is 295 g/mol. The first-order valence-corrected chi connectivity index (χ1v) is 7.13. The molecule has 1 rings (SSSR count). The first kappa shape index (κ1) is 16.9. The molecule has 0 aromatic carbocycles. The Hall–Kier alpha value is -2.18. The quantitative estimate of drug-likeness (QED) is 0.555. The Bertz CT molecular complexity index is 497. The molecule has 0 aliphatic rings. The molecule has 0 bridgehead atoms. The number of hydrogen-bond donors (Lipinski definition) is 1. The van der Waals surface area contributed by atoms with Crippen LogP contribution < -0.4 is 4.90 Å². The summed E-state index contributed by atoms with van der Waals surface area (Å²) >= 11 is 0. The van der Waals surface area contributed by atoms with Crippen molar-refractivity contribution in [3.8, 4) is 0 Å². The minimum absolute atomic E-state index is 0.114. The van der Waals surface area contributed by atoms with Gasteiger partial charge in [0.1, 0.15) is 17.6 Å². The summed E-state index contributed by atoms with van der Waals surface area (Å²) in [7, 11) is 0. The number of hydrogen-bond acceptors (Lipinski definition) is 5. The second kappa shape index (κ2) is 8.18. The summed E-state index contributed by atoms with van der Waals surface area (Å²) in [5.41, 5.74) is -0.418. The number of aromatic carboxylic acids is 1. The second-order valence-corrected chi connectivity index (χ2v) is 4.82. The standard InChI is InChI=1S/C14H21N3O4/c1-3-5-7-16(8-6-4-2)13-12(14(18)19)9-11(10-15-13)17(20)21/h9-10H,3-8H2,1-2H3,(H,18,19). The lowest BCUT2D eigenvalue weighted by atomic mass is 10.2. The molecule has 0 saturated carbocycles.